The molecule has 0 N–H and O–H groups in total. The summed E-state index contributed by atoms with van der Waals surface area (Å²) in [5, 5.41) is 12.0. The summed E-state index contributed by atoms with van der Waals surface area (Å²) in [6.45, 7) is 0.477. The smallest absolute Gasteiger partial charge is 0.293 e. The Balaban J connectivity index is 2.41. The van der Waals surface area contributed by atoms with Crippen LogP contribution in [-0.4, -0.2) is 22.7 Å². The maximum Gasteiger partial charge on any atom is 0.293 e. The standard InChI is InChI=1S/C11H10BrClN2O3/c12-5-7-3-11(16)14(6-7)10-4-8(13)1-2-9(10)15(17)18/h1-2,4,7H,3,5-6H2. The third-order valence-electron chi connectivity index (χ3n) is 2.85. The van der Waals surface area contributed by atoms with Crippen LogP contribution in [0, 0.1) is 16.0 Å². The lowest BCUT2D eigenvalue weighted by atomic mass is 10.2. The zero-order valence-electron chi connectivity index (χ0n) is 9.31. The van der Waals surface area contributed by atoms with E-state index in [9.17, 15) is 14.9 Å². The molecule has 1 amide bonds. The Morgan fingerprint density at radius 2 is 2.28 bits per heavy atom. The molecule has 1 heterocycles. The molecule has 2 rings (SSSR count). The highest BCUT2D eigenvalue weighted by atomic mass is 79.9. The van der Waals surface area contributed by atoms with Gasteiger partial charge in [0.05, 0.1) is 4.92 Å². The van der Waals surface area contributed by atoms with Crippen LogP contribution in [0.1, 0.15) is 6.42 Å². The minimum absolute atomic E-state index is 0.0945. The molecule has 1 aliphatic heterocycles. The van der Waals surface area contributed by atoms with Crippen molar-refractivity contribution in [3.05, 3.63) is 33.3 Å². The normalized spacial score (nSPS) is 19.3. The van der Waals surface area contributed by atoms with E-state index in [1.807, 2.05) is 0 Å². The van der Waals surface area contributed by atoms with Crippen LogP contribution in [0.4, 0.5) is 11.4 Å². The Morgan fingerprint density at radius 3 is 2.83 bits per heavy atom. The number of anilines is 1. The lowest BCUT2D eigenvalue weighted by Crippen LogP contribution is -2.25. The van der Waals surface area contributed by atoms with E-state index in [2.05, 4.69) is 15.9 Å². The van der Waals surface area contributed by atoms with Crippen LogP contribution in [0.2, 0.25) is 5.02 Å². The molecular weight excluding hydrogens is 323 g/mol. The largest absolute Gasteiger partial charge is 0.306 e. The number of alkyl halides is 1. The zero-order valence-corrected chi connectivity index (χ0v) is 11.6. The summed E-state index contributed by atoms with van der Waals surface area (Å²) in [4.78, 5) is 23.8. The monoisotopic (exact) mass is 332 g/mol. The topological polar surface area (TPSA) is 63.5 Å². The Labute approximate surface area is 117 Å². The number of amides is 1. The molecule has 0 radical (unpaired) electrons. The number of halogens is 2. The van der Waals surface area contributed by atoms with E-state index in [1.54, 1.807) is 0 Å². The summed E-state index contributed by atoms with van der Waals surface area (Å²) >= 11 is 9.17. The molecule has 18 heavy (non-hydrogen) atoms. The fraction of sp³-hybridized carbons (Fsp3) is 0.364. The number of hydrogen-bond acceptors (Lipinski definition) is 3. The predicted octanol–water partition coefficient (Wildman–Crippen LogP) is 3.00. The summed E-state index contributed by atoms with van der Waals surface area (Å²) in [6, 6.07) is 4.24. The molecule has 1 aliphatic rings. The molecule has 0 aromatic heterocycles. The van der Waals surface area contributed by atoms with E-state index < -0.39 is 4.92 Å². The second-order valence-electron chi connectivity index (χ2n) is 4.12. The van der Waals surface area contributed by atoms with Gasteiger partial charge in [-0.2, -0.15) is 0 Å². The van der Waals surface area contributed by atoms with Crippen molar-refractivity contribution in [3.8, 4) is 0 Å². The molecule has 0 bridgehead atoms. The maximum atomic E-state index is 11.9. The number of carbonyl (C=O) groups is 1. The summed E-state index contributed by atoms with van der Waals surface area (Å²) in [6.07, 6.45) is 0.398. The van der Waals surface area contributed by atoms with Gasteiger partial charge in [0.25, 0.3) is 5.69 Å². The van der Waals surface area contributed by atoms with Gasteiger partial charge in [-0.1, -0.05) is 27.5 Å². The Morgan fingerprint density at radius 1 is 1.56 bits per heavy atom. The highest BCUT2D eigenvalue weighted by molar-refractivity contribution is 9.09. The van der Waals surface area contributed by atoms with E-state index in [4.69, 9.17) is 11.6 Å². The maximum absolute atomic E-state index is 11.9. The molecule has 0 aliphatic carbocycles. The van der Waals surface area contributed by atoms with Crippen LogP contribution in [0.3, 0.4) is 0 Å². The fourth-order valence-corrected chi connectivity index (χ4v) is 2.58. The molecular formula is C11H10BrClN2O3. The third kappa shape index (κ3) is 2.49. The van der Waals surface area contributed by atoms with Crippen molar-refractivity contribution < 1.29 is 9.72 Å². The van der Waals surface area contributed by atoms with Gasteiger partial charge >= 0.3 is 0 Å². The number of nitro groups is 1. The van der Waals surface area contributed by atoms with Crippen molar-refractivity contribution in [2.75, 3.05) is 16.8 Å². The number of nitrogens with zero attached hydrogens (tertiary/aromatic N) is 2. The minimum Gasteiger partial charge on any atom is -0.306 e. The highest BCUT2D eigenvalue weighted by Gasteiger charge is 2.33. The second kappa shape index (κ2) is 5.24. The van der Waals surface area contributed by atoms with Crippen molar-refractivity contribution in [1.29, 1.82) is 0 Å². The van der Waals surface area contributed by atoms with E-state index >= 15 is 0 Å². The van der Waals surface area contributed by atoms with Gasteiger partial charge in [0.2, 0.25) is 5.91 Å². The van der Waals surface area contributed by atoms with E-state index in [-0.39, 0.29) is 23.2 Å². The molecule has 1 aromatic carbocycles. The number of hydrogen-bond donors (Lipinski definition) is 0. The first-order valence-corrected chi connectivity index (χ1v) is 6.83. The molecule has 0 saturated carbocycles. The van der Waals surface area contributed by atoms with Crippen molar-refractivity contribution in [2.45, 2.75) is 6.42 Å². The van der Waals surface area contributed by atoms with Gasteiger partial charge in [-0.05, 0) is 18.1 Å². The second-order valence-corrected chi connectivity index (χ2v) is 5.20. The van der Waals surface area contributed by atoms with Gasteiger partial charge < -0.3 is 4.90 Å². The van der Waals surface area contributed by atoms with Crippen LogP contribution in [0.15, 0.2) is 18.2 Å². The summed E-state index contributed by atoms with van der Waals surface area (Å²) in [5.74, 6) is 0.0703. The van der Waals surface area contributed by atoms with E-state index in [0.29, 0.717) is 23.3 Å². The molecule has 96 valence electrons. The molecule has 7 heteroatoms. The van der Waals surface area contributed by atoms with Gasteiger partial charge in [-0.15, -0.1) is 0 Å². The van der Waals surface area contributed by atoms with Crippen LogP contribution in [0.5, 0.6) is 0 Å². The Bertz CT molecular complexity index is 509. The first kappa shape index (κ1) is 13.3. The molecule has 1 atom stereocenters. The summed E-state index contributed by atoms with van der Waals surface area (Å²) in [5.41, 5.74) is 0.184. The Hall–Kier alpha value is -1.14. The Kier molecular flexibility index (Phi) is 3.87. The zero-order chi connectivity index (χ0) is 13.3. The number of rotatable bonds is 3. The van der Waals surface area contributed by atoms with Crippen LogP contribution in [-0.2, 0) is 4.79 Å². The molecule has 1 fully saturated rings. The number of carbonyl (C=O) groups excluding carboxylic acids is 1. The van der Waals surface area contributed by atoms with Gasteiger partial charge in [0, 0.05) is 29.4 Å². The predicted molar refractivity (Wildman–Crippen MR) is 72.4 cm³/mol. The average Bonchev–Trinajstić information content (AvgIpc) is 2.70. The lowest BCUT2D eigenvalue weighted by Gasteiger charge is -2.16. The van der Waals surface area contributed by atoms with Gasteiger partial charge in [0.15, 0.2) is 0 Å². The number of benzene rings is 1. The average molecular weight is 334 g/mol. The highest BCUT2D eigenvalue weighted by Crippen LogP contribution is 2.35. The van der Waals surface area contributed by atoms with E-state index in [1.165, 1.54) is 23.1 Å². The number of nitro benzene ring substituents is 1. The van der Waals surface area contributed by atoms with Gasteiger partial charge in [0.1, 0.15) is 5.69 Å². The van der Waals surface area contributed by atoms with Crippen LogP contribution < -0.4 is 4.90 Å². The quantitative estimate of drug-likeness (QED) is 0.485. The first-order valence-electron chi connectivity index (χ1n) is 5.33. The van der Waals surface area contributed by atoms with Crippen molar-refractivity contribution in [2.24, 2.45) is 5.92 Å². The summed E-state index contributed by atoms with van der Waals surface area (Å²) < 4.78 is 0. The van der Waals surface area contributed by atoms with Gasteiger partial charge in [-0.25, -0.2) is 0 Å². The van der Waals surface area contributed by atoms with Gasteiger partial charge in [-0.3, -0.25) is 14.9 Å². The summed E-state index contributed by atoms with van der Waals surface area (Å²) in [7, 11) is 0. The fourth-order valence-electron chi connectivity index (χ4n) is 1.98. The minimum atomic E-state index is -0.500. The van der Waals surface area contributed by atoms with Crippen LogP contribution in [0.25, 0.3) is 0 Å². The van der Waals surface area contributed by atoms with Crippen molar-refractivity contribution in [3.63, 3.8) is 0 Å². The van der Waals surface area contributed by atoms with Crippen molar-refractivity contribution >= 4 is 44.8 Å². The molecule has 1 aromatic rings. The van der Waals surface area contributed by atoms with Crippen LogP contribution >= 0.6 is 27.5 Å². The molecule has 0 spiro atoms. The molecule has 1 unspecified atom stereocenters. The first-order chi connectivity index (χ1) is 8.52. The van der Waals surface area contributed by atoms with E-state index in [0.717, 1.165) is 0 Å². The molecule has 1 saturated heterocycles. The lowest BCUT2D eigenvalue weighted by molar-refractivity contribution is -0.384. The molecule has 5 nitrogen and oxygen atoms in total. The third-order valence-corrected chi connectivity index (χ3v) is 4.00. The van der Waals surface area contributed by atoms with Crippen molar-refractivity contribution in [1.82, 2.24) is 0 Å². The SMILES string of the molecule is O=C1CC(CBr)CN1c1cc(Cl)ccc1[N+](=O)[O-].